The predicted molar refractivity (Wildman–Crippen MR) is 38.8 cm³/mol. The third-order valence-corrected chi connectivity index (χ3v) is 0.777. The lowest BCUT2D eigenvalue weighted by Gasteiger charge is -2.19. The Morgan fingerprint density at radius 2 is 2.11 bits per heavy atom. The minimum absolute atomic E-state index is 0.508. The van der Waals surface area contributed by atoms with E-state index < -0.39 is 5.60 Å². The Balaban J connectivity index is 3.91. The molecule has 0 fully saturated rings. The molecule has 0 amide bonds. The van der Waals surface area contributed by atoms with Gasteiger partial charge >= 0.3 is 0 Å². The van der Waals surface area contributed by atoms with E-state index in [1.165, 1.54) is 0 Å². The van der Waals surface area contributed by atoms with Crippen molar-refractivity contribution < 1.29 is 4.74 Å². The van der Waals surface area contributed by atoms with Crippen LogP contribution in [0, 0.1) is 12.3 Å². The van der Waals surface area contributed by atoms with Crippen LogP contribution in [-0.4, -0.2) is 5.60 Å². The van der Waals surface area contributed by atoms with Crippen LogP contribution in [0.1, 0.15) is 20.8 Å². The summed E-state index contributed by atoms with van der Waals surface area (Å²) in [6, 6.07) is 0. The lowest BCUT2D eigenvalue weighted by atomic mass is 10.1. The summed E-state index contributed by atoms with van der Waals surface area (Å²) in [5.74, 6) is 3.14. The molecule has 0 aromatic rings. The summed E-state index contributed by atoms with van der Waals surface area (Å²) >= 11 is 0. The average molecular weight is 124 g/mol. The second-order valence-electron chi connectivity index (χ2n) is 2.46. The standard InChI is InChI=1S/C8H12O/c1-6-8(4,5)9-7(2)3/h1H,2H2,3-5H3. The smallest absolute Gasteiger partial charge is 0.162 e. The molecule has 0 aliphatic rings. The predicted octanol–water partition coefficient (Wildman–Crippen LogP) is 1.95. The van der Waals surface area contributed by atoms with Crippen molar-refractivity contribution in [3.63, 3.8) is 0 Å². The minimum atomic E-state index is -0.508. The Morgan fingerprint density at radius 1 is 1.67 bits per heavy atom. The fourth-order valence-corrected chi connectivity index (χ4v) is 0.465. The summed E-state index contributed by atoms with van der Waals surface area (Å²) in [4.78, 5) is 0. The van der Waals surface area contributed by atoms with Crippen LogP contribution in [-0.2, 0) is 4.74 Å². The molecule has 1 nitrogen and oxygen atoms in total. The van der Waals surface area contributed by atoms with Gasteiger partial charge in [-0.25, -0.2) is 0 Å². The normalized spacial score (nSPS) is 10.0. The molecule has 0 aromatic heterocycles. The van der Waals surface area contributed by atoms with E-state index in [0.29, 0.717) is 5.76 Å². The lowest BCUT2D eigenvalue weighted by Crippen LogP contribution is -2.19. The molecule has 0 saturated heterocycles. The number of allylic oxidation sites excluding steroid dienone is 1. The first-order valence-electron chi connectivity index (χ1n) is 2.80. The molecular formula is C8H12O. The topological polar surface area (TPSA) is 9.23 Å². The summed E-state index contributed by atoms with van der Waals surface area (Å²) in [7, 11) is 0. The Bertz CT molecular complexity index is 148. The average Bonchev–Trinajstić information content (AvgIpc) is 1.63. The van der Waals surface area contributed by atoms with Crippen molar-refractivity contribution in [3.05, 3.63) is 12.3 Å². The second-order valence-corrected chi connectivity index (χ2v) is 2.46. The first kappa shape index (κ1) is 8.10. The van der Waals surface area contributed by atoms with Crippen LogP contribution in [0.5, 0.6) is 0 Å². The van der Waals surface area contributed by atoms with Gasteiger partial charge in [-0.2, -0.15) is 0 Å². The van der Waals surface area contributed by atoms with E-state index in [1.54, 1.807) is 6.92 Å². The van der Waals surface area contributed by atoms with Gasteiger partial charge in [0.15, 0.2) is 5.60 Å². The number of rotatable bonds is 2. The van der Waals surface area contributed by atoms with Crippen molar-refractivity contribution in [2.75, 3.05) is 0 Å². The molecule has 9 heavy (non-hydrogen) atoms. The SMILES string of the molecule is C#CC(C)(C)OC(=C)C. The van der Waals surface area contributed by atoms with Crippen molar-refractivity contribution in [1.82, 2.24) is 0 Å². The van der Waals surface area contributed by atoms with Gasteiger partial charge in [-0.3, -0.25) is 0 Å². The van der Waals surface area contributed by atoms with Crippen LogP contribution in [0.4, 0.5) is 0 Å². The maximum absolute atomic E-state index is 5.16. The minimum Gasteiger partial charge on any atom is -0.480 e. The molecule has 0 spiro atoms. The van der Waals surface area contributed by atoms with Crippen LogP contribution in [0.15, 0.2) is 12.3 Å². The number of hydrogen-bond donors (Lipinski definition) is 0. The van der Waals surface area contributed by atoms with Crippen molar-refractivity contribution in [3.8, 4) is 12.3 Å². The molecule has 0 unspecified atom stereocenters. The molecule has 50 valence electrons. The second kappa shape index (κ2) is 2.59. The molecule has 0 radical (unpaired) electrons. The van der Waals surface area contributed by atoms with E-state index in [4.69, 9.17) is 11.2 Å². The molecule has 0 saturated carbocycles. The number of ether oxygens (including phenoxy) is 1. The summed E-state index contributed by atoms with van der Waals surface area (Å²) < 4.78 is 5.16. The first-order valence-corrected chi connectivity index (χ1v) is 2.80. The number of hydrogen-bond acceptors (Lipinski definition) is 1. The lowest BCUT2D eigenvalue weighted by molar-refractivity contribution is 0.0897. The molecule has 1 heteroatoms. The summed E-state index contributed by atoms with van der Waals surface area (Å²) in [6.07, 6.45) is 5.14. The molecule has 0 aliphatic heterocycles. The zero-order valence-electron chi connectivity index (χ0n) is 6.19. The highest BCUT2D eigenvalue weighted by Gasteiger charge is 2.13. The van der Waals surface area contributed by atoms with Gasteiger partial charge < -0.3 is 4.74 Å². The summed E-state index contributed by atoms with van der Waals surface area (Å²) in [6.45, 7) is 8.99. The molecule has 0 rings (SSSR count). The van der Waals surface area contributed by atoms with Gasteiger partial charge in [0, 0.05) is 0 Å². The third-order valence-electron chi connectivity index (χ3n) is 0.777. The Kier molecular flexibility index (Phi) is 2.33. The van der Waals surface area contributed by atoms with Gasteiger partial charge in [-0.15, -0.1) is 6.42 Å². The Hall–Kier alpha value is -0.900. The molecule has 0 N–H and O–H groups in total. The molecule has 0 atom stereocenters. The molecule has 0 bridgehead atoms. The highest BCUT2D eigenvalue weighted by Crippen LogP contribution is 2.10. The molecular weight excluding hydrogens is 112 g/mol. The molecule has 0 aromatic carbocycles. The van der Waals surface area contributed by atoms with Crippen molar-refractivity contribution in [2.45, 2.75) is 26.4 Å². The van der Waals surface area contributed by atoms with E-state index >= 15 is 0 Å². The largest absolute Gasteiger partial charge is 0.480 e. The Labute approximate surface area is 56.7 Å². The fourth-order valence-electron chi connectivity index (χ4n) is 0.465. The van der Waals surface area contributed by atoms with Crippen molar-refractivity contribution >= 4 is 0 Å². The first-order chi connectivity index (χ1) is 3.98. The van der Waals surface area contributed by atoms with Gasteiger partial charge in [0.05, 0.1) is 5.76 Å². The van der Waals surface area contributed by atoms with Crippen LogP contribution in [0.25, 0.3) is 0 Å². The monoisotopic (exact) mass is 124 g/mol. The highest BCUT2D eigenvalue weighted by atomic mass is 16.5. The zero-order chi connectivity index (χ0) is 7.49. The van der Waals surface area contributed by atoms with Crippen LogP contribution in [0.2, 0.25) is 0 Å². The van der Waals surface area contributed by atoms with Crippen LogP contribution in [0.3, 0.4) is 0 Å². The van der Waals surface area contributed by atoms with Gasteiger partial charge in [-0.1, -0.05) is 12.5 Å². The summed E-state index contributed by atoms with van der Waals surface area (Å²) in [5, 5.41) is 0. The third kappa shape index (κ3) is 3.66. The van der Waals surface area contributed by atoms with E-state index in [0.717, 1.165) is 0 Å². The van der Waals surface area contributed by atoms with Gasteiger partial charge in [0.2, 0.25) is 0 Å². The Morgan fingerprint density at radius 3 is 2.22 bits per heavy atom. The van der Waals surface area contributed by atoms with E-state index in [-0.39, 0.29) is 0 Å². The maximum atomic E-state index is 5.16. The highest BCUT2D eigenvalue weighted by molar-refractivity contribution is 5.05. The number of terminal acetylenes is 1. The molecule has 0 heterocycles. The van der Waals surface area contributed by atoms with E-state index in [2.05, 4.69) is 12.5 Å². The summed E-state index contributed by atoms with van der Waals surface area (Å²) in [5.41, 5.74) is -0.508. The molecule has 0 aliphatic carbocycles. The van der Waals surface area contributed by atoms with Gasteiger partial charge in [-0.05, 0) is 20.8 Å². The van der Waals surface area contributed by atoms with Gasteiger partial charge in [0.25, 0.3) is 0 Å². The zero-order valence-corrected chi connectivity index (χ0v) is 6.19. The quantitative estimate of drug-likeness (QED) is 0.404. The van der Waals surface area contributed by atoms with Gasteiger partial charge in [0.1, 0.15) is 0 Å². The van der Waals surface area contributed by atoms with E-state index in [1.807, 2.05) is 13.8 Å². The van der Waals surface area contributed by atoms with Crippen LogP contribution < -0.4 is 0 Å². The van der Waals surface area contributed by atoms with E-state index in [9.17, 15) is 0 Å². The van der Waals surface area contributed by atoms with Crippen molar-refractivity contribution in [1.29, 1.82) is 0 Å². The maximum Gasteiger partial charge on any atom is 0.162 e. The van der Waals surface area contributed by atoms with Crippen molar-refractivity contribution in [2.24, 2.45) is 0 Å². The fraction of sp³-hybridized carbons (Fsp3) is 0.500. The van der Waals surface area contributed by atoms with Crippen LogP contribution >= 0.6 is 0 Å².